The number of H-pyrrole nitrogens is 1. The fourth-order valence-electron chi connectivity index (χ4n) is 1.87. The number of aromatic nitrogens is 2. The molecule has 0 spiro atoms. The van der Waals surface area contributed by atoms with E-state index in [1.54, 1.807) is 24.3 Å². The highest BCUT2D eigenvalue weighted by molar-refractivity contribution is 5.82. The zero-order valence-corrected chi connectivity index (χ0v) is 9.51. The first kappa shape index (κ1) is 10.5. The highest BCUT2D eigenvalue weighted by Gasteiger charge is 2.07. The molecule has 0 aliphatic heterocycles. The van der Waals surface area contributed by atoms with Crippen molar-refractivity contribution < 1.29 is 5.11 Å². The van der Waals surface area contributed by atoms with Crippen LogP contribution in [0.25, 0.3) is 22.4 Å². The van der Waals surface area contributed by atoms with Gasteiger partial charge in [-0.25, -0.2) is 4.98 Å². The summed E-state index contributed by atoms with van der Waals surface area (Å²) in [6, 6.07) is 10.5. The van der Waals surface area contributed by atoms with Gasteiger partial charge < -0.3 is 21.6 Å². The van der Waals surface area contributed by atoms with Crippen molar-refractivity contribution in [2.24, 2.45) is 0 Å². The van der Waals surface area contributed by atoms with Crippen LogP contribution in [0.1, 0.15) is 0 Å². The number of aromatic hydroxyl groups is 1. The van der Waals surface area contributed by atoms with Crippen molar-refractivity contribution in [2.45, 2.75) is 0 Å². The van der Waals surface area contributed by atoms with Crippen molar-refractivity contribution in [1.29, 1.82) is 0 Å². The molecule has 0 saturated carbocycles. The van der Waals surface area contributed by atoms with Gasteiger partial charge in [0, 0.05) is 11.3 Å². The van der Waals surface area contributed by atoms with Crippen molar-refractivity contribution in [3.05, 3.63) is 36.4 Å². The van der Waals surface area contributed by atoms with Crippen LogP contribution in [-0.2, 0) is 0 Å². The maximum absolute atomic E-state index is 9.39. The van der Waals surface area contributed by atoms with Gasteiger partial charge in [-0.2, -0.15) is 0 Å². The maximum atomic E-state index is 9.39. The van der Waals surface area contributed by atoms with E-state index in [0.29, 0.717) is 17.2 Å². The van der Waals surface area contributed by atoms with Crippen molar-refractivity contribution in [3.63, 3.8) is 0 Å². The first-order valence-corrected chi connectivity index (χ1v) is 5.47. The van der Waals surface area contributed by atoms with Gasteiger partial charge in [-0.3, -0.25) is 0 Å². The Morgan fingerprint density at radius 1 is 1.06 bits per heavy atom. The summed E-state index contributed by atoms with van der Waals surface area (Å²) in [4.78, 5) is 7.62. The summed E-state index contributed by atoms with van der Waals surface area (Å²) in [7, 11) is 0. The van der Waals surface area contributed by atoms with Crippen molar-refractivity contribution in [1.82, 2.24) is 9.97 Å². The summed E-state index contributed by atoms with van der Waals surface area (Å²) in [5.41, 5.74) is 14.9. The van der Waals surface area contributed by atoms with Gasteiger partial charge in [0.2, 0.25) is 0 Å². The third kappa shape index (κ3) is 1.62. The molecule has 0 bridgehead atoms. The number of hydrogen-bond acceptors (Lipinski definition) is 4. The maximum Gasteiger partial charge on any atom is 0.138 e. The third-order valence-electron chi connectivity index (χ3n) is 2.81. The third-order valence-corrected chi connectivity index (χ3v) is 2.81. The highest BCUT2D eigenvalue weighted by atomic mass is 16.3. The van der Waals surface area contributed by atoms with Gasteiger partial charge in [-0.1, -0.05) is 0 Å². The van der Waals surface area contributed by atoms with Crippen LogP contribution in [0.5, 0.6) is 5.75 Å². The van der Waals surface area contributed by atoms with Crippen LogP contribution in [0.4, 0.5) is 11.4 Å². The minimum absolute atomic E-state index is 0.0686. The van der Waals surface area contributed by atoms with Gasteiger partial charge >= 0.3 is 0 Å². The monoisotopic (exact) mass is 240 g/mol. The van der Waals surface area contributed by atoms with Crippen LogP contribution in [0.3, 0.4) is 0 Å². The largest absolute Gasteiger partial charge is 0.506 e. The Hall–Kier alpha value is -2.69. The smallest absolute Gasteiger partial charge is 0.138 e. The molecule has 0 saturated heterocycles. The van der Waals surface area contributed by atoms with E-state index in [0.717, 1.165) is 16.6 Å². The topological polar surface area (TPSA) is 101 Å². The Morgan fingerprint density at radius 2 is 1.89 bits per heavy atom. The number of hydrogen-bond donors (Lipinski definition) is 4. The van der Waals surface area contributed by atoms with E-state index >= 15 is 0 Å². The second-order valence-corrected chi connectivity index (χ2v) is 4.14. The van der Waals surface area contributed by atoms with E-state index in [1.807, 2.05) is 12.1 Å². The molecule has 0 aliphatic rings. The van der Waals surface area contributed by atoms with Gasteiger partial charge in [-0.05, 0) is 36.4 Å². The molecule has 18 heavy (non-hydrogen) atoms. The number of nitrogens with one attached hydrogen (secondary N) is 1. The van der Waals surface area contributed by atoms with Gasteiger partial charge in [0.25, 0.3) is 0 Å². The minimum atomic E-state index is 0.0686. The Kier molecular flexibility index (Phi) is 2.13. The van der Waals surface area contributed by atoms with Crippen LogP contribution >= 0.6 is 0 Å². The molecule has 3 rings (SSSR count). The number of imidazole rings is 1. The van der Waals surface area contributed by atoms with Gasteiger partial charge in [0.15, 0.2) is 0 Å². The van der Waals surface area contributed by atoms with Crippen LogP contribution in [-0.4, -0.2) is 15.1 Å². The average molecular weight is 240 g/mol. The molecule has 0 fully saturated rings. The second-order valence-electron chi connectivity index (χ2n) is 4.14. The van der Waals surface area contributed by atoms with E-state index in [9.17, 15) is 5.11 Å². The Bertz CT molecular complexity index is 733. The number of aromatic amines is 1. The van der Waals surface area contributed by atoms with Crippen LogP contribution in [0.15, 0.2) is 36.4 Å². The van der Waals surface area contributed by atoms with E-state index in [-0.39, 0.29) is 5.75 Å². The van der Waals surface area contributed by atoms with Crippen LogP contribution in [0, 0.1) is 0 Å². The number of phenolic OH excluding ortho intramolecular Hbond substituents is 1. The highest BCUT2D eigenvalue weighted by Crippen LogP contribution is 2.27. The number of nitrogens with two attached hydrogens (primary N) is 2. The van der Waals surface area contributed by atoms with Gasteiger partial charge in [0.05, 0.1) is 16.7 Å². The minimum Gasteiger partial charge on any atom is -0.506 e. The normalized spacial score (nSPS) is 10.9. The molecule has 0 radical (unpaired) electrons. The Labute approximate surface area is 103 Å². The molecule has 3 aromatic rings. The Balaban J connectivity index is 2.16. The van der Waals surface area contributed by atoms with E-state index in [1.165, 1.54) is 0 Å². The first-order valence-electron chi connectivity index (χ1n) is 5.47. The molecule has 0 atom stereocenters. The number of nitrogens with zero attached hydrogens (tertiary/aromatic N) is 1. The summed E-state index contributed by atoms with van der Waals surface area (Å²) in [5, 5.41) is 9.39. The molecule has 1 heterocycles. The number of benzene rings is 2. The lowest BCUT2D eigenvalue weighted by atomic mass is 10.2. The first-order chi connectivity index (χ1) is 8.63. The molecule has 2 aromatic carbocycles. The lowest BCUT2D eigenvalue weighted by Crippen LogP contribution is -1.87. The molecule has 6 N–H and O–H groups in total. The van der Waals surface area contributed by atoms with E-state index < -0.39 is 0 Å². The summed E-state index contributed by atoms with van der Waals surface area (Å²) in [6.07, 6.45) is 0. The zero-order chi connectivity index (χ0) is 12.7. The molecule has 1 aromatic heterocycles. The molecule has 90 valence electrons. The van der Waals surface area contributed by atoms with Crippen molar-refractivity contribution in [3.8, 4) is 17.1 Å². The number of phenols is 1. The zero-order valence-electron chi connectivity index (χ0n) is 9.51. The van der Waals surface area contributed by atoms with E-state index in [4.69, 9.17) is 11.5 Å². The second kappa shape index (κ2) is 3.66. The lowest BCUT2D eigenvalue weighted by Gasteiger charge is -2.00. The molecular weight excluding hydrogens is 228 g/mol. The average Bonchev–Trinajstić information content (AvgIpc) is 2.75. The molecule has 5 nitrogen and oxygen atoms in total. The fraction of sp³-hybridized carbons (Fsp3) is 0. The summed E-state index contributed by atoms with van der Waals surface area (Å²) >= 11 is 0. The molecular formula is C13H12N4O. The van der Waals surface area contributed by atoms with Crippen LogP contribution < -0.4 is 11.5 Å². The van der Waals surface area contributed by atoms with Crippen LogP contribution in [0.2, 0.25) is 0 Å². The van der Waals surface area contributed by atoms with E-state index in [2.05, 4.69) is 9.97 Å². The predicted molar refractivity (Wildman–Crippen MR) is 72.0 cm³/mol. The predicted octanol–water partition coefficient (Wildman–Crippen LogP) is 2.10. The number of fused-ring (bicyclic) bond motifs is 1. The SMILES string of the molecule is Nc1ccc2nc(-c3ccc(O)c(N)c3)[nH]c2c1. The number of anilines is 2. The fourth-order valence-corrected chi connectivity index (χ4v) is 1.87. The van der Waals surface area contributed by atoms with Gasteiger partial charge in [-0.15, -0.1) is 0 Å². The lowest BCUT2D eigenvalue weighted by molar-refractivity contribution is 0.478. The number of nitrogen functional groups attached to an aromatic ring is 2. The quantitative estimate of drug-likeness (QED) is 0.386. The summed E-state index contributed by atoms with van der Waals surface area (Å²) in [6.45, 7) is 0. The Morgan fingerprint density at radius 3 is 2.67 bits per heavy atom. The number of rotatable bonds is 1. The molecule has 0 amide bonds. The standard InChI is InChI=1S/C13H12N4O/c14-8-2-3-10-11(6-8)17-13(16-10)7-1-4-12(18)9(15)5-7/h1-6,18H,14-15H2,(H,16,17). The summed E-state index contributed by atoms with van der Waals surface area (Å²) in [5.74, 6) is 0.765. The molecule has 5 heteroatoms. The van der Waals surface area contributed by atoms with Crippen molar-refractivity contribution >= 4 is 22.4 Å². The van der Waals surface area contributed by atoms with Gasteiger partial charge in [0.1, 0.15) is 11.6 Å². The summed E-state index contributed by atoms with van der Waals surface area (Å²) < 4.78 is 0. The molecule has 0 unspecified atom stereocenters. The van der Waals surface area contributed by atoms with Crippen molar-refractivity contribution in [2.75, 3.05) is 11.5 Å². The molecule has 0 aliphatic carbocycles.